The Hall–Kier alpha value is -2.77. The van der Waals surface area contributed by atoms with E-state index in [1.165, 1.54) is 0 Å². The molecule has 1 aliphatic heterocycles. The number of carbonyl (C=O) groups is 2. The Balaban J connectivity index is 0.00000320. The van der Waals surface area contributed by atoms with E-state index in [-0.39, 0.29) is 12.4 Å². The molecule has 0 saturated carbocycles. The molecule has 30 heavy (non-hydrogen) atoms. The van der Waals surface area contributed by atoms with Gasteiger partial charge < -0.3 is 24.6 Å². The second kappa shape index (κ2) is 11.4. The maximum Gasteiger partial charge on any atom is 0.312 e. The van der Waals surface area contributed by atoms with Crippen molar-refractivity contribution in [3.8, 4) is 11.5 Å². The predicted molar refractivity (Wildman–Crippen MR) is 117 cm³/mol. The molecule has 0 bridgehead atoms. The molecule has 0 aromatic heterocycles. The third-order valence-electron chi connectivity index (χ3n) is 5.02. The molecule has 0 radical (unpaired) electrons. The zero-order chi connectivity index (χ0) is 20.6. The SMILES string of the molecule is COc1ccccc1CNCCN1CCN(Cc2ccccc2OC)C(=O)C1=O.Cl. The number of methoxy groups -OCH3 is 2. The first kappa shape index (κ1) is 23.5. The van der Waals surface area contributed by atoms with Crippen molar-refractivity contribution < 1.29 is 19.1 Å². The van der Waals surface area contributed by atoms with Gasteiger partial charge in [0.15, 0.2) is 0 Å². The minimum Gasteiger partial charge on any atom is -0.496 e. The molecule has 2 amide bonds. The summed E-state index contributed by atoms with van der Waals surface area (Å²) in [6.45, 7) is 3.13. The van der Waals surface area contributed by atoms with Crippen LogP contribution in [0.5, 0.6) is 11.5 Å². The van der Waals surface area contributed by atoms with Gasteiger partial charge in [-0.1, -0.05) is 36.4 Å². The lowest BCUT2D eigenvalue weighted by Gasteiger charge is -2.34. The molecular weight excluding hydrogens is 406 g/mol. The van der Waals surface area contributed by atoms with Crippen LogP contribution >= 0.6 is 12.4 Å². The second-order valence-electron chi connectivity index (χ2n) is 6.82. The molecule has 1 fully saturated rings. The number of halogens is 1. The smallest absolute Gasteiger partial charge is 0.312 e. The fraction of sp³-hybridized carbons (Fsp3) is 0.364. The Morgan fingerprint density at radius 3 is 2.03 bits per heavy atom. The molecule has 3 rings (SSSR count). The quantitative estimate of drug-likeness (QED) is 0.484. The molecule has 1 N–H and O–H groups in total. The van der Waals surface area contributed by atoms with Gasteiger partial charge in [-0.15, -0.1) is 12.4 Å². The standard InChI is InChI=1S/C22H27N3O4.ClH/c1-28-19-9-5-3-7-17(19)15-23-11-12-24-13-14-25(22(27)21(24)26)16-18-8-4-6-10-20(18)29-2;/h3-10,23H,11-16H2,1-2H3;1H. The molecule has 2 aromatic carbocycles. The highest BCUT2D eigenvalue weighted by Gasteiger charge is 2.32. The van der Waals surface area contributed by atoms with Crippen LogP contribution in [-0.4, -0.2) is 62.0 Å². The topological polar surface area (TPSA) is 71.1 Å². The van der Waals surface area contributed by atoms with Gasteiger partial charge in [-0.3, -0.25) is 9.59 Å². The Kier molecular flexibility index (Phi) is 8.95. The molecule has 0 unspecified atom stereocenters. The Morgan fingerprint density at radius 1 is 0.833 bits per heavy atom. The summed E-state index contributed by atoms with van der Waals surface area (Å²) in [5.41, 5.74) is 1.95. The summed E-state index contributed by atoms with van der Waals surface area (Å²) in [4.78, 5) is 28.2. The number of hydrogen-bond donors (Lipinski definition) is 1. The van der Waals surface area contributed by atoms with Crippen LogP contribution in [0.1, 0.15) is 11.1 Å². The van der Waals surface area contributed by atoms with Crippen molar-refractivity contribution in [2.45, 2.75) is 13.1 Å². The Morgan fingerprint density at radius 2 is 1.37 bits per heavy atom. The predicted octanol–water partition coefficient (Wildman–Crippen LogP) is 2.09. The zero-order valence-electron chi connectivity index (χ0n) is 17.3. The van der Waals surface area contributed by atoms with Crippen LogP contribution in [0.15, 0.2) is 48.5 Å². The number of amides is 2. The minimum atomic E-state index is -0.466. The lowest BCUT2D eigenvalue weighted by molar-refractivity contribution is -0.156. The lowest BCUT2D eigenvalue weighted by atomic mass is 10.1. The van der Waals surface area contributed by atoms with Crippen molar-refractivity contribution in [1.82, 2.24) is 15.1 Å². The van der Waals surface area contributed by atoms with E-state index in [1.807, 2.05) is 48.5 Å². The summed E-state index contributed by atoms with van der Waals surface area (Å²) in [6, 6.07) is 15.3. The molecule has 1 heterocycles. The molecule has 7 nitrogen and oxygen atoms in total. The van der Waals surface area contributed by atoms with Crippen LogP contribution in [0.2, 0.25) is 0 Å². The summed E-state index contributed by atoms with van der Waals surface area (Å²) in [7, 11) is 3.25. The highest BCUT2D eigenvalue weighted by Crippen LogP contribution is 2.20. The van der Waals surface area contributed by atoms with Crippen LogP contribution in [0.25, 0.3) is 0 Å². The van der Waals surface area contributed by atoms with Gasteiger partial charge in [0.25, 0.3) is 0 Å². The molecule has 2 aromatic rings. The molecule has 0 aliphatic carbocycles. The van der Waals surface area contributed by atoms with E-state index >= 15 is 0 Å². The van der Waals surface area contributed by atoms with E-state index in [4.69, 9.17) is 9.47 Å². The molecule has 8 heteroatoms. The summed E-state index contributed by atoms with van der Waals surface area (Å²) < 4.78 is 10.7. The van der Waals surface area contributed by atoms with Crippen molar-refractivity contribution in [3.05, 3.63) is 59.7 Å². The number of hydrogen-bond acceptors (Lipinski definition) is 5. The van der Waals surface area contributed by atoms with Gasteiger partial charge in [-0.2, -0.15) is 0 Å². The number of para-hydroxylation sites is 2. The Bertz CT molecular complexity index is 860. The number of piperazine rings is 1. The second-order valence-corrected chi connectivity index (χ2v) is 6.82. The zero-order valence-corrected chi connectivity index (χ0v) is 18.1. The number of rotatable bonds is 9. The van der Waals surface area contributed by atoms with Gasteiger partial charge in [-0.25, -0.2) is 0 Å². The van der Waals surface area contributed by atoms with Crippen LogP contribution in [-0.2, 0) is 22.7 Å². The maximum absolute atomic E-state index is 12.5. The molecule has 1 saturated heterocycles. The van der Waals surface area contributed by atoms with E-state index in [9.17, 15) is 9.59 Å². The molecule has 1 aliphatic rings. The van der Waals surface area contributed by atoms with Gasteiger partial charge >= 0.3 is 11.8 Å². The molecular formula is C22H28ClN3O4. The normalized spacial score (nSPS) is 13.8. The van der Waals surface area contributed by atoms with E-state index in [1.54, 1.807) is 24.0 Å². The summed E-state index contributed by atoms with van der Waals surface area (Å²) >= 11 is 0. The first-order valence-electron chi connectivity index (χ1n) is 9.66. The van der Waals surface area contributed by atoms with Crippen LogP contribution in [0.3, 0.4) is 0 Å². The highest BCUT2D eigenvalue weighted by atomic mass is 35.5. The van der Waals surface area contributed by atoms with Crippen molar-refractivity contribution in [1.29, 1.82) is 0 Å². The Labute approximate surface area is 183 Å². The number of benzene rings is 2. The van der Waals surface area contributed by atoms with Crippen molar-refractivity contribution in [3.63, 3.8) is 0 Å². The molecule has 0 atom stereocenters. The first-order valence-corrected chi connectivity index (χ1v) is 9.66. The molecule has 0 spiro atoms. The van der Waals surface area contributed by atoms with Gasteiger partial charge in [0.2, 0.25) is 0 Å². The summed E-state index contributed by atoms with van der Waals surface area (Å²) in [5.74, 6) is 0.629. The van der Waals surface area contributed by atoms with Crippen LogP contribution in [0.4, 0.5) is 0 Å². The third kappa shape index (κ3) is 5.64. The van der Waals surface area contributed by atoms with Gasteiger partial charge in [0.05, 0.1) is 14.2 Å². The maximum atomic E-state index is 12.5. The van der Waals surface area contributed by atoms with Gasteiger partial charge in [0, 0.05) is 50.4 Å². The third-order valence-corrected chi connectivity index (χ3v) is 5.02. The average Bonchev–Trinajstić information content (AvgIpc) is 2.76. The summed E-state index contributed by atoms with van der Waals surface area (Å²) in [6.07, 6.45) is 0. The molecule has 162 valence electrons. The number of nitrogens with one attached hydrogen (secondary N) is 1. The van der Waals surface area contributed by atoms with Gasteiger partial charge in [0.1, 0.15) is 11.5 Å². The number of nitrogens with zero attached hydrogens (tertiary/aromatic N) is 2. The van der Waals surface area contributed by atoms with Crippen molar-refractivity contribution in [2.75, 3.05) is 40.4 Å². The fourth-order valence-electron chi connectivity index (χ4n) is 3.40. The lowest BCUT2D eigenvalue weighted by Crippen LogP contribution is -2.55. The number of carbonyl (C=O) groups excluding carboxylic acids is 2. The van der Waals surface area contributed by atoms with Gasteiger partial charge in [-0.05, 0) is 12.1 Å². The average molecular weight is 434 g/mol. The van der Waals surface area contributed by atoms with E-state index in [0.29, 0.717) is 39.3 Å². The first-order chi connectivity index (χ1) is 14.1. The monoisotopic (exact) mass is 433 g/mol. The van der Waals surface area contributed by atoms with E-state index in [0.717, 1.165) is 22.6 Å². The highest BCUT2D eigenvalue weighted by molar-refractivity contribution is 6.35. The van der Waals surface area contributed by atoms with E-state index in [2.05, 4.69) is 5.32 Å². The van der Waals surface area contributed by atoms with E-state index < -0.39 is 11.8 Å². The van der Waals surface area contributed by atoms with Crippen molar-refractivity contribution >= 4 is 24.2 Å². The van der Waals surface area contributed by atoms with Crippen molar-refractivity contribution in [2.24, 2.45) is 0 Å². The largest absolute Gasteiger partial charge is 0.496 e. The van der Waals surface area contributed by atoms with Crippen LogP contribution < -0.4 is 14.8 Å². The summed E-state index contributed by atoms with van der Waals surface area (Å²) in [5, 5.41) is 3.31. The number of ether oxygens (including phenoxy) is 2. The minimum absolute atomic E-state index is 0. The van der Waals surface area contributed by atoms with Crippen LogP contribution in [0, 0.1) is 0 Å². The fourth-order valence-corrected chi connectivity index (χ4v) is 3.40.